The van der Waals surface area contributed by atoms with Gasteiger partial charge in [-0.3, -0.25) is 19.2 Å². The van der Waals surface area contributed by atoms with Crippen molar-refractivity contribution in [3.63, 3.8) is 0 Å². The van der Waals surface area contributed by atoms with Gasteiger partial charge in [0.15, 0.2) is 0 Å². The molecular formula is C28H29ClN2O5. The first kappa shape index (κ1) is 24.5. The van der Waals surface area contributed by atoms with Crippen molar-refractivity contribution in [3.8, 4) is 5.75 Å². The van der Waals surface area contributed by atoms with Crippen LogP contribution in [0.5, 0.6) is 5.75 Å². The third kappa shape index (κ3) is 4.30. The Kier molecular flexibility index (Phi) is 6.37. The third-order valence-corrected chi connectivity index (χ3v) is 8.15. The van der Waals surface area contributed by atoms with Gasteiger partial charge in [-0.15, -0.1) is 0 Å². The molecule has 0 spiro atoms. The minimum absolute atomic E-state index is 0.0549. The van der Waals surface area contributed by atoms with E-state index in [1.807, 2.05) is 19.1 Å². The van der Waals surface area contributed by atoms with Crippen molar-refractivity contribution in [2.24, 2.45) is 23.7 Å². The molecule has 2 saturated heterocycles. The Balaban J connectivity index is 1.28. The maximum atomic E-state index is 13.1. The average molecular weight is 509 g/mol. The van der Waals surface area contributed by atoms with E-state index >= 15 is 0 Å². The summed E-state index contributed by atoms with van der Waals surface area (Å²) in [6, 6.07) is 10.3. The van der Waals surface area contributed by atoms with Crippen LogP contribution in [0.25, 0.3) is 0 Å². The molecule has 8 heteroatoms. The van der Waals surface area contributed by atoms with Crippen molar-refractivity contribution in [3.05, 3.63) is 52.5 Å². The highest BCUT2D eigenvalue weighted by Gasteiger charge is 2.50. The van der Waals surface area contributed by atoms with Crippen LogP contribution in [0.3, 0.4) is 0 Å². The Bertz CT molecular complexity index is 1270. The summed E-state index contributed by atoms with van der Waals surface area (Å²) in [5, 5.41) is 0.561. The first-order valence-corrected chi connectivity index (χ1v) is 12.8. The van der Waals surface area contributed by atoms with Gasteiger partial charge in [0.2, 0.25) is 17.7 Å². The van der Waals surface area contributed by atoms with Gasteiger partial charge in [0, 0.05) is 23.7 Å². The molecule has 0 N–H and O–H groups in total. The van der Waals surface area contributed by atoms with Crippen molar-refractivity contribution in [1.29, 1.82) is 0 Å². The number of nitrogens with zero attached hydrogens (tertiary/aromatic N) is 2. The molecule has 2 heterocycles. The standard InChI is InChI=1S/C28H29ClN2O5/c1-15-4-8-21-22(10-15)27(34)31(26(21)33)24-9-7-20(11-17(24)3)36-28(35)18-12-25(32)30(14-18)19-6-5-16(2)23(29)13-19/h5-7,9,11,13,15,18,21-22H,4,8,10,12,14H2,1-3H3/t15-,18-,21-,22-/m1/s1. The molecule has 2 aromatic carbocycles. The zero-order valence-electron chi connectivity index (χ0n) is 20.6. The van der Waals surface area contributed by atoms with E-state index in [0.717, 1.165) is 24.8 Å². The second-order valence-corrected chi connectivity index (χ2v) is 10.8. The highest BCUT2D eigenvalue weighted by atomic mass is 35.5. The van der Waals surface area contributed by atoms with Crippen molar-refractivity contribution < 1.29 is 23.9 Å². The molecule has 5 rings (SSSR count). The van der Waals surface area contributed by atoms with Crippen LogP contribution in [0, 0.1) is 37.5 Å². The maximum absolute atomic E-state index is 13.1. The van der Waals surface area contributed by atoms with E-state index < -0.39 is 11.9 Å². The number of carbonyl (C=O) groups is 4. The summed E-state index contributed by atoms with van der Waals surface area (Å²) in [5.41, 5.74) is 2.77. The SMILES string of the molecule is Cc1ccc(N2C[C@H](C(=O)Oc3ccc(N4C(=O)[C@@H]5CC[C@@H](C)C[C@H]5C4=O)c(C)c3)CC2=O)cc1Cl. The largest absolute Gasteiger partial charge is 0.426 e. The topological polar surface area (TPSA) is 84.0 Å². The lowest BCUT2D eigenvalue weighted by Crippen LogP contribution is -2.31. The van der Waals surface area contributed by atoms with E-state index in [1.54, 1.807) is 36.1 Å². The third-order valence-electron chi connectivity index (χ3n) is 7.74. The number of ether oxygens (including phenoxy) is 1. The number of benzene rings is 2. The Morgan fingerprint density at radius 3 is 2.44 bits per heavy atom. The number of anilines is 2. The number of aryl methyl sites for hydroxylation is 2. The van der Waals surface area contributed by atoms with E-state index in [4.69, 9.17) is 16.3 Å². The van der Waals surface area contributed by atoms with E-state index in [1.165, 1.54) is 4.90 Å². The van der Waals surface area contributed by atoms with Gasteiger partial charge in [0.05, 0.1) is 23.4 Å². The van der Waals surface area contributed by atoms with Crippen LogP contribution in [0.2, 0.25) is 5.02 Å². The summed E-state index contributed by atoms with van der Waals surface area (Å²) in [6.07, 6.45) is 2.50. The van der Waals surface area contributed by atoms with Gasteiger partial charge in [0.1, 0.15) is 5.75 Å². The molecule has 3 fully saturated rings. The van der Waals surface area contributed by atoms with E-state index in [2.05, 4.69) is 6.92 Å². The van der Waals surface area contributed by atoms with Crippen LogP contribution in [-0.4, -0.2) is 30.2 Å². The van der Waals surface area contributed by atoms with Crippen LogP contribution < -0.4 is 14.5 Å². The molecule has 0 aromatic heterocycles. The van der Waals surface area contributed by atoms with Gasteiger partial charge in [-0.25, -0.2) is 4.90 Å². The van der Waals surface area contributed by atoms with Gasteiger partial charge in [0.25, 0.3) is 0 Å². The fourth-order valence-electron chi connectivity index (χ4n) is 5.63. The van der Waals surface area contributed by atoms with E-state index in [0.29, 0.717) is 33.6 Å². The van der Waals surface area contributed by atoms with Gasteiger partial charge in [-0.2, -0.15) is 0 Å². The lowest BCUT2D eigenvalue weighted by atomic mass is 9.76. The summed E-state index contributed by atoms with van der Waals surface area (Å²) < 4.78 is 5.60. The predicted molar refractivity (Wildman–Crippen MR) is 136 cm³/mol. The van der Waals surface area contributed by atoms with Crippen LogP contribution >= 0.6 is 11.6 Å². The number of esters is 1. The highest BCUT2D eigenvalue weighted by molar-refractivity contribution is 6.31. The van der Waals surface area contributed by atoms with Crippen LogP contribution in [0.1, 0.15) is 43.7 Å². The fourth-order valence-corrected chi connectivity index (χ4v) is 5.81. The Labute approximate surface area is 215 Å². The number of hydrogen-bond donors (Lipinski definition) is 0. The molecule has 3 aliphatic rings. The molecule has 4 atom stereocenters. The van der Waals surface area contributed by atoms with Gasteiger partial charge < -0.3 is 9.64 Å². The number of rotatable bonds is 4. The first-order valence-electron chi connectivity index (χ1n) is 12.4. The van der Waals surface area contributed by atoms with E-state index in [9.17, 15) is 19.2 Å². The number of hydrogen-bond acceptors (Lipinski definition) is 5. The molecule has 1 saturated carbocycles. The number of carbonyl (C=O) groups excluding carboxylic acids is 4. The van der Waals surface area contributed by atoms with Crippen LogP contribution in [-0.2, 0) is 19.2 Å². The summed E-state index contributed by atoms with van der Waals surface area (Å²) in [7, 11) is 0. The van der Waals surface area contributed by atoms with E-state index in [-0.39, 0.29) is 42.5 Å². The number of fused-ring (bicyclic) bond motifs is 1. The molecule has 7 nitrogen and oxygen atoms in total. The molecule has 2 aliphatic heterocycles. The lowest BCUT2D eigenvalue weighted by Gasteiger charge is -2.25. The predicted octanol–water partition coefficient (Wildman–Crippen LogP) is 4.84. The van der Waals surface area contributed by atoms with Gasteiger partial charge in [-0.05, 0) is 80.5 Å². The maximum Gasteiger partial charge on any atom is 0.316 e. The highest BCUT2D eigenvalue weighted by Crippen LogP contribution is 2.43. The average Bonchev–Trinajstić information content (AvgIpc) is 3.33. The Morgan fingerprint density at radius 2 is 1.72 bits per heavy atom. The quantitative estimate of drug-likeness (QED) is 0.335. The van der Waals surface area contributed by atoms with Crippen molar-refractivity contribution in [2.75, 3.05) is 16.3 Å². The Morgan fingerprint density at radius 1 is 0.972 bits per heavy atom. The molecule has 0 radical (unpaired) electrons. The fraction of sp³-hybridized carbons (Fsp3) is 0.429. The number of halogens is 1. The summed E-state index contributed by atoms with van der Waals surface area (Å²) in [5.74, 6) is -1.26. The lowest BCUT2D eigenvalue weighted by molar-refractivity contribution is -0.139. The smallest absolute Gasteiger partial charge is 0.316 e. The zero-order valence-corrected chi connectivity index (χ0v) is 21.4. The summed E-state index contributed by atoms with van der Waals surface area (Å²) >= 11 is 6.21. The first-order chi connectivity index (χ1) is 17.1. The van der Waals surface area contributed by atoms with Crippen molar-refractivity contribution in [1.82, 2.24) is 0 Å². The zero-order chi connectivity index (χ0) is 25.7. The molecule has 2 aromatic rings. The van der Waals surface area contributed by atoms with Crippen molar-refractivity contribution >= 4 is 46.7 Å². The molecule has 188 valence electrons. The monoisotopic (exact) mass is 508 g/mol. The molecule has 0 bridgehead atoms. The molecule has 3 amide bonds. The second-order valence-electron chi connectivity index (χ2n) is 10.4. The minimum atomic E-state index is -0.607. The van der Waals surface area contributed by atoms with Gasteiger partial charge >= 0.3 is 5.97 Å². The number of imide groups is 1. The van der Waals surface area contributed by atoms with Gasteiger partial charge in [-0.1, -0.05) is 24.6 Å². The van der Waals surface area contributed by atoms with Crippen LogP contribution in [0.15, 0.2) is 36.4 Å². The van der Waals surface area contributed by atoms with Crippen molar-refractivity contribution in [2.45, 2.75) is 46.5 Å². The number of amides is 3. The van der Waals surface area contributed by atoms with Crippen LogP contribution in [0.4, 0.5) is 11.4 Å². The molecule has 1 aliphatic carbocycles. The molecule has 0 unspecified atom stereocenters. The minimum Gasteiger partial charge on any atom is -0.426 e. The molecule has 36 heavy (non-hydrogen) atoms. The summed E-state index contributed by atoms with van der Waals surface area (Å²) in [6.45, 7) is 6.01. The second kappa shape index (κ2) is 9.36. The normalized spacial score (nSPS) is 25.9. The molecular weight excluding hydrogens is 480 g/mol. The Hall–Kier alpha value is -3.19. The summed E-state index contributed by atoms with van der Waals surface area (Å²) in [4.78, 5) is 54.4.